The van der Waals surface area contributed by atoms with Crippen LogP contribution in [0.1, 0.15) is 17.2 Å². The van der Waals surface area contributed by atoms with Crippen LogP contribution >= 0.6 is 0 Å². The third-order valence-electron chi connectivity index (χ3n) is 2.33. The molecular formula is C11H12FNO5. The topological polar surface area (TPSA) is 121 Å². The van der Waals surface area contributed by atoms with E-state index in [0.29, 0.717) is 0 Å². The first kappa shape index (κ1) is 14.1. The van der Waals surface area contributed by atoms with Gasteiger partial charge in [0.05, 0.1) is 6.42 Å². The van der Waals surface area contributed by atoms with Crippen LogP contribution in [0.4, 0.5) is 4.39 Å². The molecule has 0 fully saturated rings. The number of aliphatic carboxylic acids is 1. The van der Waals surface area contributed by atoms with E-state index in [2.05, 4.69) is 0 Å². The Bertz CT molecular complexity index is 477. The van der Waals surface area contributed by atoms with Crippen molar-refractivity contribution in [2.45, 2.75) is 18.6 Å². The molecular weight excluding hydrogens is 245 g/mol. The molecule has 0 aromatic heterocycles. The molecule has 2 unspecified atom stereocenters. The summed E-state index contributed by atoms with van der Waals surface area (Å²) in [6, 6.07) is 3.30. The fourth-order valence-corrected chi connectivity index (χ4v) is 1.42. The van der Waals surface area contributed by atoms with Gasteiger partial charge >= 0.3 is 5.97 Å². The Kier molecular flexibility index (Phi) is 4.35. The SMILES string of the molecule is NC(=O)C(O)C(O)c1ccc(CC(=O)O)cc1F. The molecule has 7 heteroatoms. The number of amides is 1. The van der Waals surface area contributed by atoms with E-state index in [1.165, 1.54) is 6.07 Å². The smallest absolute Gasteiger partial charge is 0.307 e. The third kappa shape index (κ3) is 3.25. The summed E-state index contributed by atoms with van der Waals surface area (Å²) in [4.78, 5) is 21.1. The molecule has 1 rings (SSSR count). The van der Waals surface area contributed by atoms with Gasteiger partial charge in [0.1, 0.15) is 11.9 Å². The predicted molar refractivity (Wildman–Crippen MR) is 57.9 cm³/mol. The van der Waals surface area contributed by atoms with Crippen LogP contribution in [0.15, 0.2) is 18.2 Å². The summed E-state index contributed by atoms with van der Waals surface area (Å²) in [5.41, 5.74) is 4.65. The summed E-state index contributed by atoms with van der Waals surface area (Å²) in [6.45, 7) is 0. The highest BCUT2D eigenvalue weighted by atomic mass is 19.1. The molecule has 0 radical (unpaired) electrons. The molecule has 0 heterocycles. The number of primary amides is 1. The molecule has 0 saturated heterocycles. The summed E-state index contributed by atoms with van der Waals surface area (Å²) in [5.74, 6) is -3.22. The number of carboxylic acid groups (broad SMARTS) is 1. The molecule has 98 valence electrons. The number of hydrogen-bond donors (Lipinski definition) is 4. The minimum absolute atomic E-state index is 0.199. The number of carbonyl (C=O) groups is 2. The minimum atomic E-state index is -1.93. The Labute approximate surface area is 101 Å². The number of aliphatic hydroxyl groups excluding tert-OH is 2. The highest BCUT2D eigenvalue weighted by Gasteiger charge is 2.26. The lowest BCUT2D eigenvalue weighted by molar-refractivity contribution is -0.136. The standard InChI is InChI=1S/C11H12FNO5/c12-7-3-5(4-8(14)15)1-2-6(7)9(16)10(17)11(13)18/h1-3,9-10,16-17H,4H2,(H2,13,18)(H,14,15). The van der Waals surface area contributed by atoms with Crippen LogP contribution in [0, 0.1) is 5.82 Å². The number of rotatable bonds is 5. The molecule has 5 N–H and O–H groups in total. The Hall–Kier alpha value is -1.99. The molecule has 0 saturated carbocycles. The quantitative estimate of drug-likeness (QED) is 0.557. The Balaban J connectivity index is 2.98. The molecule has 6 nitrogen and oxygen atoms in total. The average Bonchev–Trinajstić information content (AvgIpc) is 2.26. The van der Waals surface area contributed by atoms with Crippen molar-refractivity contribution in [3.8, 4) is 0 Å². The monoisotopic (exact) mass is 257 g/mol. The zero-order chi connectivity index (χ0) is 13.9. The van der Waals surface area contributed by atoms with Gasteiger partial charge in [0.25, 0.3) is 0 Å². The lowest BCUT2D eigenvalue weighted by atomic mass is 10.0. The van der Waals surface area contributed by atoms with E-state index in [1.807, 2.05) is 0 Å². The predicted octanol–water partition coefficient (Wildman–Crippen LogP) is -0.668. The van der Waals surface area contributed by atoms with E-state index in [-0.39, 0.29) is 17.5 Å². The molecule has 1 amide bonds. The zero-order valence-electron chi connectivity index (χ0n) is 9.21. The summed E-state index contributed by atoms with van der Waals surface area (Å²) < 4.78 is 13.6. The van der Waals surface area contributed by atoms with Crippen molar-refractivity contribution in [3.63, 3.8) is 0 Å². The van der Waals surface area contributed by atoms with E-state index in [9.17, 15) is 24.2 Å². The third-order valence-corrected chi connectivity index (χ3v) is 2.33. The lowest BCUT2D eigenvalue weighted by Gasteiger charge is -2.16. The van der Waals surface area contributed by atoms with Gasteiger partial charge in [-0.05, 0) is 11.6 Å². The fourth-order valence-electron chi connectivity index (χ4n) is 1.42. The van der Waals surface area contributed by atoms with Gasteiger partial charge < -0.3 is 21.1 Å². The van der Waals surface area contributed by atoms with Crippen molar-refractivity contribution in [1.82, 2.24) is 0 Å². The van der Waals surface area contributed by atoms with Crippen LogP contribution in [0.5, 0.6) is 0 Å². The van der Waals surface area contributed by atoms with Crippen molar-refractivity contribution in [2.24, 2.45) is 5.73 Å². The number of hydrogen-bond acceptors (Lipinski definition) is 4. The normalized spacial score (nSPS) is 13.9. The van der Waals surface area contributed by atoms with Crippen molar-refractivity contribution in [3.05, 3.63) is 35.1 Å². The zero-order valence-corrected chi connectivity index (χ0v) is 9.21. The second-order valence-electron chi connectivity index (χ2n) is 3.72. The van der Waals surface area contributed by atoms with E-state index >= 15 is 0 Å². The summed E-state index contributed by atoms with van der Waals surface area (Å²) in [7, 11) is 0. The first-order valence-corrected chi connectivity index (χ1v) is 4.98. The van der Waals surface area contributed by atoms with Crippen LogP contribution < -0.4 is 5.73 Å². The number of halogens is 1. The van der Waals surface area contributed by atoms with Crippen LogP contribution in [0.2, 0.25) is 0 Å². The van der Waals surface area contributed by atoms with Crippen LogP contribution in [0.25, 0.3) is 0 Å². The Morgan fingerprint density at radius 3 is 2.39 bits per heavy atom. The first-order chi connectivity index (χ1) is 8.32. The number of aliphatic hydroxyl groups is 2. The van der Waals surface area contributed by atoms with Crippen LogP contribution in [-0.4, -0.2) is 33.3 Å². The van der Waals surface area contributed by atoms with E-state index < -0.39 is 29.9 Å². The maximum absolute atomic E-state index is 13.6. The highest BCUT2D eigenvalue weighted by molar-refractivity contribution is 5.79. The van der Waals surface area contributed by atoms with Crippen LogP contribution in [0.3, 0.4) is 0 Å². The van der Waals surface area contributed by atoms with Crippen molar-refractivity contribution in [2.75, 3.05) is 0 Å². The van der Waals surface area contributed by atoms with E-state index in [0.717, 1.165) is 12.1 Å². The Morgan fingerprint density at radius 2 is 1.94 bits per heavy atom. The van der Waals surface area contributed by atoms with Gasteiger partial charge in [-0.2, -0.15) is 0 Å². The molecule has 1 aromatic carbocycles. The maximum Gasteiger partial charge on any atom is 0.307 e. The molecule has 2 atom stereocenters. The van der Waals surface area contributed by atoms with Crippen molar-refractivity contribution in [1.29, 1.82) is 0 Å². The van der Waals surface area contributed by atoms with Gasteiger partial charge in [-0.25, -0.2) is 4.39 Å². The second-order valence-corrected chi connectivity index (χ2v) is 3.72. The van der Waals surface area contributed by atoms with E-state index in [1.54, 1.807) is 0 Å². The van der Waals surface area contributed by atoms with E-state index in [4.69, 9.17) is 10.8 Å². The molecule has 0 aliphatic heterocycles. The summed E-state index contributed by atoms with van der Waals surface area (Å²) in [6.07, 6.45) is -4.09. The molecule has 1 aromatic rings. The van der Waals surface area contributed by atoms with Crippen molar-refractivity contribution >= 4 is 11.9 Å². The molecule has 0 spiro atoms. The number of nitrogens with two attached hydrogens (primary N) is 1. The number of carboxylic acids is 1. The number of carbonyl (C=O) groups excluding carboxylic acids is 1. The first-order valence-electron chi connectivity index (χ1n) is 4.98. The van der Waals surface area contributed by atoms with Gasteiger partial charge in [-0.1, -0.05) is 12.1 Å². The van der Waals surface area contributed by atoms with Gasteiger partial charge in [0.2, 0.25) is 5.91 Å². The highest BCUT2D eigenvalue weighted by Crippen LogP contribution is 2.21. The summed E-state index contributed by atoms with van der Waals surface area (Å²) in [5, 5.41) is 27.2. The number of benzene rings is 1. The van der Waals surface area contributed by atoms with Gasteiger partial charge in [-0.15, -0.1) is 0 Å². The molecule has 18 heavy (non-hydrogen) atoms. The Morgan fingerprint density at radius 1 is 1.33 bits per heavy atom. The van der Waals surface area contributed by atoms with Gasteiger partial charge in [0.15, 0.2) is 6.10 Å². The minimum Gasteiger partial charge on any atom is -0.481 e. The van der Waals surface area contributed by atoms with Crippen LogP contribution in [-0.2, 0) is 16.0 Å². The maximum atomic E-state index is 13.6. The average molecular weight is 257 g/mol. The summed E-state index contributed by atoms with van der Waals surface area (Å²) >= 11 is 0. The van der Waals surface area contributed by atoms with Gasteiger partial charge in [-0.3, -0.25) is 9.59 Å². The largest absolute Gasteiger partial charge is 0.481 e. The van der Waals surface area contributed by atoms with Gasteiger partial charge in [0, 0.05) is 5.56 Å². The molecule has 0 bridgehead atoms. The lowest BCUT2D eigenvalue weighted by Crippen LogP contribution is -2.34. The van der Waals surface area contributed by atoms with Crippen molar-refractivity contribution < 1.29 is 29.3 Å². The second kappa shape index (κ2) is 5.56. The molecule has 0 aliphatic rings. The fraction of sp³-hybridized carbons (Fsp3) is 0.273. The molecule has 0 aliphatic carbocycles.